The van der Waals surface area contributed by atoms with Crippen molar-refractivity contribution in [3.63, 3.8) is 0 Å². The summed E-state index contributed by atoms with van der Waals surface area (Å²) in [7, 11) is 0. The largest absolute Gasteiger partial charge is 0.367 e. The van der Waals surface area contributed by atoms with Gasteiger partial charge >= 0.3 is 0 Å². The van der Waals surface area contributed by atoms with E-state index in [2.05, 4.69) is 25.6 Å². The first kappa shape index (κ1) is 13.8. The molecule has 2 aromatic heterocycles. The van der Waals surface area contributed by atoms with E-state index in [-0.39, 0.29) is 0 Å². The molecule has 1 aliphatic carbocycles. The van der Waals surface area contributed by atoms with E-state index in [0.29, 0.717) is 12.0 Å². The molecule has 2 N–H and O–H groups in total. The van der Waals surface area contributed by atoms with E-state index in [4.69, 9.17) is 0 Å². The van der Waals surface area contributed by atoms with Gasteiger partial charge in [0, 0.05) is 41.6 Å². The maximum Gasteiger partial charge on any atom is 0.229 e. The minimum absolute atomic E-state index is 0.575. The fourth-order valence-corrected chi connectivity index (χ4v) is 2.33. The maximum atomic E-state index is 4.57. The summed E-state index contributed by atoms with van der Waals surface area (Å²) in [4.78, 5) is 13.0. The molecule has 0 saturated heterocycles. The van der Waals surface area contributed by atoms with Crippen LogP contribution in [0.4, 0.5) is 17.5 Å². The average molecular weight is 306 g/mol. The summed E-state index contributed by atoms with van der Waals surface area (Å²) < 4.78 is 1.96. The highest BCUT2D eigenvalue weighted by atomic mass is 15.2. The van der Waals surface area contributed by atoms with E-state index in [1.807, 2.05) is 48.1 Å². The summed E-state index contributed by atoms with van der Waals surface area (Å²) in [5, 5.41) is 6.69. The van der Waals surface area contributed by atoms with Gasteiger partial charge in [-0.15, -0.1) is 0 Å². The van der Waals surface area contributed by atoms with E-state index in [1.54, 1.807) is 12.5 Å². The van der Waals surface area contributed by atoms with Crippen LogP contribution >= 0.6 is 0 Å². The number of anilines is 3. The highest BCUT2D eigenvalue weighted by Crippen LogP contribution is 2.26. The normalized spacial score (nSPS) is 13.8. The van der Waals surface area contributed by atoms with Crippen LogP contribution in [0.2, 0.25) is 0 Å². The van der Waals surface area contributed by atoms with Gasteiger partial charge in [-0.05, 0) is 44.0 Å². The number of hydrogen-bond acceptors (Lipinski definition) is 5. The van der Waals surface area contributed by atoms with Crippen molar-refractivity contribution < 1.29 is 0 Å². The predicted molar refractivity (Wildman–Crippen MR) is 90.3 cm³/mol. The van der Waals surface area contributed by atoms with Crippen LogP contribution in [0.3, 0.4) is 0 Å². The van der Waals surface area contributed by atoms with Crippen molar-refractivity contribution >= 4 is 17.5 Å². The molecule has 3 aromatic rings. The quantitative estimate of drug-likeness (QED) is 0.757. The number of aromatic nitrogens is 4. The van der Waals surface area contributed by atoms with Gasteiger partial charge in [0.25, 0.3) is 0 Å². The van der Waals surface area contributed by atoms with Crippen molar-refractivity contribution in [2.75, 3.05) is 10.6 Å². The molecule has 0 spiro atoms. The SMILES string of the molecule is Cc1cnc(Nc2ccc(-n3ccnc3)cc2)nc1NC1CC1. The molecular formula is C17H18N6. The second-order valence-corrected chi connectivity index (χ2v) is 5.79. The average Bonchev–Trinajstić information content (AvgIpc) is 3.21. The fourth-order valence-electron chi connectivity index (χ4n) is 2.33. The zero-order valence-electron chi connectivity index (χ0n) is 12.9. The number of nitrogens with zero attached hydrogens (tertiary/aromatic N) is 4. The Balaban J connectivity index is 1.51. The molecule has 6 heteroatoms. The van der Waals surface area contributed by atoms with Crippen molar-refractivity contribution in [1.29, 1.82) is 0 Å². The number of aryl methyl sites for hydroxylation is 1. The maximum absolute atomic E-state index is 4.57. The first-order valence-corrected chi connectivity index (χ1v) is 7.73. The van der Waals surface area contributed by atoms with Crippen LogP contribution in [0, 0.1) is 6.92 Å². The molecule has 4 rings (SSSR count). The summed E-state index contributed by atoms with van der Waals surface area (Å²) in [5.74, 6) is 1.52. The summed E-state index contributed by atoms with van der Waals surface area (Å²) in [6, 6.07) is 8.65. The van der Waals surface area contributed by atoms with Crippen LogP contribution in [0.5, 0.6) is 0 Å². The molecule has 0 radical (unpaired) electrons. The summed E-state index contributed by atoms with van der Waals surface area (Å²) >= 11 is 0. The molecule has 2 heterocycles. The fraction of sp³-hybridized carbons (Fsp3) is 0.235. The smallest absolute Gasteiger partial charge is 0.229 e. The number of rotatable bonds is 5. The summed E-state index contributed by atoms with van der Waals surface area (Å²) in [6.45, 7) is 2.02. The highest BCUT2D eigenvalue weighted by molar-refractivity contribution is 5.58. The minimum Gasteiger partial charge on any atom is -0.367 e. The van der Waals surface area contributed by atoms with E-state index < -0.39 is 0 Å². The van der Waals surface area contributed by atoms with Gasteiger partial charge < -0.3 is 15.2 Å². The van der Waals surface area contributed by atoms with Gasteiger partial charge in [0.2, 0.25) is 5.95 Å². The van der Waals surface area contributed by atoms with E-state index in [9.17, 15) is 0 Å². The van der Waals surface area contributed by atoms with Gasteiger partial charge in [0.1, 0.15) is 5.82 Å². The lowest BCUT2D eigenvalue weighted by molar-refractivity contribution is 1.05. The van der Waals surface area contributed by atoms with Crippen LogP contribution in [-0.2, 0) is 0 Å². The van der Waals surface area contributed by atoms with E-state index >= 15 is 0 Å². The van der Waals surface area contributed by atoms with Crippen LogP contribution in [0.25, 0.3) is 5.69 Å². The summed E-state index contributed by atoms with van der Waals surface area (Å²) in [5.41, 5.74) is 3.09. The van der Waals surface area contributed by atoms with Crippen molar-refractivity contribution in [3.8, 4) is 5.69 Å². The van der Waals surface area contributed by atoms with Crippen LogP contribution in [0.1, 0.15) is 18.4 Å². The monoisotopic (exact) mass is 306 g/mol. The molecule has 23 heavy (non-hydrogen) atoms. The summed E-state index contributed by atoms with van der Waals surface area (Å²) in [6.07, 6.45) is 9.76. The second-order valence-electron chi connectivity index (χ2n) is 5.79. The van der Waals surface area contributed by atoms with Crippen molar-refractivity contribution in [2.45, 2.75) is 25.8 Å². The van der Waals surface area contributed by atoms with Gasteiger partial charge in [-0.3, -0.25) is 0 Å². The lowest BCUT2D eigenvalue weighted by Crippen LogP contribution is -2.07. The third-order valence-corrected chi connectivity index (χ3v) is 3.82. The topological polar surface area (TPSA) is 67.7 Å². The Morgan fingerprint density at radius 1 is 1.17 bits per heavy atom. The molecular weight excluding hydrogens is 288 g/mol. The molecule has 0 atom stereocenters. The Morgan fingerprint density at radius 2 is 2.00 bits per heavy atom. The zero-order chi connectivity index (χ0) is 15.6. The van der Waals surface area contributed by atoms with Crippen molar-refractivity contribution in [3.05, 3.63) is 54.7 Å². The van der Waals surface area contributed by atoms with Gasteiger partial charge in [0.15, 0.2) is 0 Å². The predicted octanol–water partition coefficient (Wildman–Crippen LogP) is 3.29. The van der Waals surface area contributed by atoms with E-state index in [1.165, 1.54) is 12.8 Å². The third kappa shape index (κ3) is 3.15. The first-order chi connectivity index (χ1) is 11.3. The molecule has 0 bridgehead atoms. The Kier molecular flexibility index (Phi) is 3.42. The molecule has 0 amide bonds. The Morgan fingerprint density at radius 3 is 2.70 bits per heavy atom. The molecule has 116 valence electrons. The Labute approximate surface area is 134 Å². The first-order valence-electron chi connectivity index (χ1n) is 7.73. The standard InChI is InChI=1S/C17H18N6/c1-12-10-19-17(22-16(12)20-13-2-3-13)21-14-4-6-15(7-5-14)23-9-8-18-11-23/h4-11,13H,2-3H2,1H3,(H2,19,20,21,22). The van der Waals surface area contributed by atoms with Gasteiger partial charge in [-0.2, -0.15) is 4.98 Å². The van der Waals surface area contributed by atoms with Gasteiger partial charge in [-0.1, -0.05) is 0 Å². The van der Waals surface area contributed by atoms with Gasteiger partial charge in [-0.25, -0.2) is 9.97 Å². The minimum atomic E-state index is 0.575. The highest BCUT2D eigenvalue weighted by Gasteiger charge is 2.22. The molecule has 0 aliphatic heterocycles. The second kappa shape index (κ2) is 5.72. The number of hydrogen-bond donors (Lipinski definition) is 2. The van der Waals surface area contributed by atoms with Gasteiger partial charge in [0.05, 0.1) is 6.33 Å². The number of nitrogens with one attached hydrogen (secondary N) is 2. The van der Waals surface area contributed by atoms with Crippen LogP contribution in [-0.4, -0.2) is 25.6 Å². The zero-order valence-corrected chi connectivity index (χ0v) is 12.9. The number of imidazole rings is 1. The van der Waals surface area contributed by atoms with Crippen molar-refractivity contribution in [2.24, 2.45) is 0 Å². The van der Waals surface area contributed by atoms with Crippen molar-refractivity contribution in [1.82, 2.24) is 19.5 Å². The van der Waals surface area contributed by atoms with Crippen LogP contribution in [0.15, 0.2) is 49.2 Å². The lowest BCUT2D eigenvalue weighted by Gasteiger charge is -2.10. The molecule has 1 saturated carbocycles. The Hall–Kier alpha value is -2.89. The molecule has 1 aromatic carbocycles. The molecule has 1 fully saturated rings. The Bertz CT molecular complexity index is 790. The number of benzene rings is 1. The van der Waals surface area contributed by atoms with E-state index in [0.717, 1.165) is 22.8 Å². The molecule has 0 unspecified atom stereocenters. The third-order valence-electron chi connectivity index (χ3n) is 3.82. The molecule has 6 nitrogen and oxygen atoms in total. The molecule has 1 aliphatic rings. The lowest BCUT2D eigenvalue weighted by atomic mass is 10.3. The van der Waals surface area contributed by atoms with Crippen LogP contribution < -0.4 is 10.6 Å².